The van der Waals surface area contributed by atoms with Crippen LogP contribution in [0.3, 0.4) is 0 Å². The molecule has 1 aliphatic heterocycles. The van der Waals surface area contributed by atoms with Crippen molar-refractivity contribution in [2.45, 2.75) is 26.3 Å². The van der Waals surface area contributed by atoms with Gasteiger partial charge in [-0.25, -0.2) is 4.98 Å². The van der Waals surface area contributed by atoms with E-state index in [-0.39, 0.29) is 0 Å². The average Bonchev–Trinajstić information content (AvgIpc) is 2.35. The van der Waals surface area contributed by atoms with Crippen molar-refractivity contribution >= 4 is 0 Å². The van der Waals surface area contributed by atoms with Crippen molar-refractivity contribution in [2.24, 2.45) is 0 Å². The Morgan fingerprint density at radius 1 is 1.67 bits per heavy atom. The van der Waals surface area contributed by atoms with Gasteiger partial charge in [0.25, 0.3) is 0 Å². The predicted molar refractivity (Wildman–Crippen MR) is 34.1 cm³/mol. The van der Waals surface area contributed by atoms with Crippen LogP contribution >= 0.6 is 0 Å². The van der Waals surface area contributed by atoms with E-state index in [2.05, 4.69) is 15.9 Å². The number of imidazole rings is 1. The van der Waals surface area contributed by atoms with Crippen molar-refractivity contribution in [1.82, 2.24) is 9.55 Å². The van der Waals surface area contributed by atoms with Crippen LogP contribution in [0.15, 0.2) is 0 Å². The van der Waals surface area contributed by atoms with Crippen LogP contribution in [0.5, 0.6) is 0 Å². The molecule has 9 heavy (non-hydrogen) atoms. The lowest BCUT2D eigenvalue weighted by atomic mass is 10.2. The fourth-order valence-corrected chi connectivity index (χ4v) is 1.36. The van der Waals surface area contributed by atoms with Crippen LogP contribution < -0.4 is 0 Å². The Labute approximate surface area is 54.5 Å². The summed E-state index contributed by atoms with van der Waals surface area (Å²) in [6.45, 7) is 3.17. The highest BCUT2D eigenvalue weighted by atomic mass is 15.1. The van der Waals surface area contributed by atoms with E-state index in [1.165, 1.54) is 18.5 Å². The molecule has 0 saturated carbocycles. The summed E-state index contributed by atoms with van der Waals surface area (Å²) in [4.78, 5) is 4.08. The summed E-state index contributed by atoms with van der Waals surface area (Å²) >= 11 is 0. The maximum Gasteiger partial charge on any atom is 0.176 e. The van der Waals surface area contributed by atoms with Gasteiger partial charge in [0.15, 0.2) is 6.33 Å². The lowest BCUT2D eigenvalue weighted by Gasteiger charge is -1.89. The zero-order valence-electron chi connectivity index (χ0n) is 5.52. The van der Waals surface area contributed by atoms with E-state index in [0.29, 0.717) is 0 Å². The number of aromatic nitrogens is 2. The first-order valence-electron chi connectivity index (χ1n) is 3.31. The van der Waals surface area contributed by atoms with Gasteiger partial charge in [0.2, 0.25) is 0 Å². The zero-order valence-corrected chi connectivity index (χ0v) is 5.52. The largest absolute Gasteiger partial charge is 0.325 e. The fourth-order valence-electron chi connectivity index (χ4n) is 1.36. The third kappa shape index (κ3) is 0.590. The Morgan fingerprint density at radius 3 is 3.33 bits per heavy atom. The number of aryl methyl sites for hydroxylation is 2. The quantitative estimate of drug-likeness (QED) is 0.499. The Kier molecular flexibility index (Phi) is 0.891. The average molecular weight is 121 g/mol. The Morgan fingerprint density at radius 2 is 2.56 bits per heavy atom. The highest BCUT2D eigenvalue weighted by Gasteiger charge is 2.12. The maximum absolute atomic E-state index is 4.08. The zero-order chi connectivity index (χ0) is 6.27. The summed E-state index contributed by atoms with van der Waals surface area (Å²) < 4.78 is 2.12. The monoisotopic (exact) mass is 121 g/mol. The molecule has 2 rings (SSSR count). The van der Waals surface area contributed by atoms with Crippen LogP contribution in [-0.4, -0.2) is 9.55 Å². The highest BCUT2D eigenvalue weighted by molar-refractivity contribution is 5.13. The molecule has 0 fully saturated rings. The molecule has 47 valence electrons. The summed E-state index contributed by atoms with van der Waals surface area (Å²) in [5.41, 5.74) is 2.54. The molecule has 0 bridgehead atoms. The van der Waals surface area contributed by atoms with Gasteiger partial charge in [-0.2, -0.15) is 0 Å². The number of rotatable bonds is 0. The third-order valence-electron chi connectivity index (χ3n) is 1.88. The second-order valence-corrected chi connectivity index (χ2v) is 2.50. The van der Waals surface area contributed by atoms with Crippen molar-refractivity contribution in [2.75, 3.05) is 0 Å². The van der Waals surface area contributed by atoms with Crippen molar-refractivity contribution in [3.8, 4) is 0 Å². The molecule has 1 radical (unpaired) electrons. The van der Waals surface area contributed by atoms with Gasteiger partial charge in [-0.15, -0.1) is 0 Å². The molecule has 0 spiro atoms. The predicted octanol–water partition coefficient (Wildman–Crippen LogP) is 0.938. The standard InChI is InChI=1S/C7H9N2/c1-6-7-3-2-4-9(7)5-8-6/h2-4H2,1H3. The van der Waals surface area contributed by atoms with Crippen molar-refractivity contribution in [1.29, 1.82) is 0 Å². The molecule has 2 nitrogen and oxygen atoms in total. The van der Waals surface area contributed by atoms with Gasteiger partial charge in [-0.3, -0.25) is 0 Å². The lowest BCUT2D eigenvalue weighted by molar-refractivity contribution is 0.736. The van der Waals surface area contributed by atoms with E-state index < -0.39 is 0 Å². The molecule has 0 amide bonds. The Hall–Kier alpha value is -0.790. The molecule has 0 aromatic carbocycles. The molecular weight excluding hydrogens is 112 g/mol. The molecule has 0 aliphatic carbocycles. The molecule has 0 atom stereocenters. The number of hydrogen-bond acceptors (Lipinski definition) is 1. The van der Waals surface area contributed by atoms with Gasteiger partial charge in [0.05, 0.1) is 5.69 Å². The summed E-state index contributed by atoms with van der Waals surface area (Å²) in [6.07, 6.45) is 5.42. The highest BCUT2D eigenvalue weighted by Crippen LogP contribution is 2.15. The first kappa shape index (κ1) is 5.03. The van der Waals surface area contributed by atoms with Crippen molar-refractivity contribution < 1.29 is 0 Å². The van der Waals surface area contributed by atoms with Gasteiger partial charge in [0, 0.05) is 12.2 Å². The van der Waals surface area contributed by atoms with Crippen LogP contribution in [-0.2, 0) is 13.0 Å². The molecule has 1 aromatic heterocycles. The second kappa shape index (κ2) is 1.59. The number of fused-ring (bicyclic) bond motifs is 1. The molecule has 1 aromatic rings. The van der Waals surface area contributed by atoms with E-state index in [0.717, 1.165) is 12.2 Å². The van der Waals surface area contributed by atoms with Gasteiger partial charge >= 0.3 is 0 Å². The Balaban J connectivity index is 2.56. The molecule has 2 heteroatoms. The summed E-state index contributed by atoms with van der Waals surface area (Å²) in [5.74, 6) is 0. The van der Waals surface area contributed by atoms with Crippen molar-refractivity contribution in [3.63, 3.8) is 0 Å². The minimum absolute atomic E-state index is 1.12. The molecule has 2 heterocycles. The SMILES string of the molecule is Cc1n[c]n2c1CCC2. The van der Waals surface area contributed by atoms with Crippen molar-refractivity contribution in [3.05, 3.63) is 17.7 Å². The van der Waals surface area contributed by atoms with Crippen LogP contribution in [0.25, 0.3) is 0 Å². The molecule has 0 N–H and O–H groups in total. The molecule has 0 saturated heterocycles. The van der Waals surface area contributed by atoms with E-state index in [9.17, 15) is 0 Å². The summed E-state index contributed by atoms with van der Waals surface area (Å²) in [7, 11) is 0. The van der Waals surface area contributed by atoms with Crippen LogP contribution in [0.2, 0.25) is 0 Å². The smallest absolute Gasteiger partial charge is 0.176 e. The lowest BCUT2D eigenvalue weighted by Crippen LogP contribution is -1.88. The van der Waals surface area contributed by atoms with Gasteiger partial charge in [0.1, 0.15) is 0 Å². The van der Waals surface area contributed by atoms with E-state index in [1.807, 2.05) is 6.92 Å². The minimum atomic E-state index is 1.12. The van der Waals surface area contributed by atoms with Crippen LogP contribution in [0, 0.1) is 13.3 Å². The van der Waals surface area contributed by atoms with E-state index >= 15 is 0 Å². The molecule has 0 unspecified atom stereocenters. The van der Waals surface area contributed by atoms with Gasteiger partial charge < -0.3 is 4.57 Å². The topological polar surface area (TPSA) is 17.8 Å². The van der Waals surface area contributed by atoms with Gasteiger partial charge in [-0.1, -0.05) is 0 Å². The minimum Gasteiger partial charge on any atom is -0.325 e. The number of nitrogens with zero attached hydrogens (tertiary/aromatic N) is 2. The first-order valence-corrected chi connectivity index (χ1v) is 3.31. The van der Waals surface area contributed by atoms with E-state index in [1.54, 1.807) is 0 Å². The van der Waals surface area contributed by atoms with Crippen LogP contribution in [0.1, 0.15) is 17.8 Å². The molecule has 1 aliphatic rings. The Bertz CT molecular complexity index is 225. The van der Waals surface area contributed by atoms with Crippen LogP contribution in [0.4, 0.5) is 0 Å². The normalized spacial score (nSPS) is 16.1. The van der Waals surface area contributed by atoms with Gasteiger partial charge in [-0.05, 0) is 19.8 Å². The number of hydrogen-bond donors (Lipinski definition) is 0. The first-order chi connectivity index (χ1) is 4.38. The third-order valence-corrected chi connectivity index (χ3v) is 1.88. The second-order valence-electron chi connectivity index (χ2n) is 2.50. The molecular formula is C7H9N2. The fraction of sp³-hybridized carbons (Fsp3) is 0.571. The summed E-state index contributed by atoms with van der Waals surface area (Å²) in [5, 5.41) is 0. The van der Waals surface area contributed by atoms with E-state index in [4.69, 9.17) is 0 Å². The maximum atomic E-state index is 4.08. The summed E-state index contributed by atoms with van der Waals surface area (Å²) in [6, 6.07) is 0.